The summed E-state index contributed by atoms with van der Waals surface area (Å²) in [5, 5.41) is 9.08. The first-order chi connectivity index (χ1) is 7.71. The quantitative estimate of drug-likeness (QED) is 0.713. The van der Waals surface area contributed by atoms with E-state index >= 15 is 0 Å². The Labute approximate surface area is 96.6 Å². The van der Waals surface area contributed by atoms with Crippen LogP contribution in [0.15, 0.2) is 24.3 Å². The number of aryl methyl sites for hydroxylation is 1. The van der Waals surface area contributed by atoms with Crippen LogP contribution in [0, 0.1) is 24.2 Å². The van der Waals surface area contributed by atoms with E-state index < -0.39 is 6.29 Å². The third-order valence-corrected chi connectivity index (χ3v) is 2.50. The van der Waals surface area contributed by atoms with Gasteiger partial charge in [0.1, 0.15) is 5.92 Å². The summed E-state index contributed by atoms with van der Waals surface area (Å²) in [5.74, 6) is -0.281. The van der Waals surface area contributed by atoms with E-state index in [2.05, 4.69) is 12.1 Å². The minimum atomic E-state index is -0.467. The number of hydrogen-bond donors (Lipinski definition) is 0. The minimum absolute atomic E-state index is 0.281. The van der Waals surface area contributed by atoms with E-state index in [1.807, 2.05) is 25.1 Å². The smallest absolute Gasteiger partial charge is 0.172 e. The number of nitriles is 1. The van der Waals surface area contributed by atoms with Gasteiger partial charge < -0.3 is 9.47 Å². The first-order valence-electron chi connectivity index (χ1n) is 5.22. The van der Waals surface area contributed by atoms with Crippen molar-refractivity contribution in [3.63, 3.8) is 0 Å². The van der Waals surface area contributed by atoms with Gasteiger partial charge in [-0.25, -0.2) is 0 Å². The molecule has 0 amide bonds. The molecule has 0 aliphatic carbocycles. The van der Waals surface area contributed by atoms with E-state index in [-0.39, 0.29) is 5.92 Å². The molecule has 0 bridgehead atoms. The van der Waals surface area contributed by atoms with Gasteiger partial charge >= 0.3 is 0 Å². The van der Waals surface area contributed by atoms with E-state index in [9.17, 15) is 0 Å². The summed E-state index contributed by atoms with van der Waals surface area (Å²) >= 11 is 0. The molecular formula is C13H17NO2. The average Bonchev–Trinajstić information content (AvgIpc) is 2.29. The molecule has 1 rings (SSSR count). The molecule has 0 saturated carbocycles. The summed E-state index contributed by atoms with van der Waals surface area (Å²) in [6.07, 6.45) is 0.176. The Hall–Kier alpha value is -1.37. The number of hydrogen-bond acceptors (Lipinski definition) is 3. The Bertz CT molecular complexity index is 366. The molecule has 3 nitrogen and oxygen atoms in total. The maximum Gasteiger partial charge on any atom is 0.172 e. The van der Waals surface area contributed by atoms with Gasteiger partial charge in [0.15, 0.2) is 6.29 Å². The zero-order valence-electron chi connectivity index (χ0n) is 9.93. The maximum atomic E-state index is 9.08. The normalized spacial score (nSPS) is 12.4. The summed E-state index contributed by atoms with van der Waals surface area (Å²) in [7, 11) is 3.10. The van der Waals surface area contributed by atoms with Crippen molar-refractivity contribution in [1.82, 2.24) is 0 Å². The van der Waals surface area contributed by atoms with Crippen molar-refractivity contribution in [2.24, 2.45) is 5.92 Å². The molecule has 1 unspecified atom stereocenters. The molecule has 0 fully saturated rings. The van der Waals surface area contributed by atoms with Gasteiger partial charge in [-0.15, -0.1) is 0 Å². The van der Waals surface area contributed by atoms with Gasteiger partial charge in [-0.2, -0.15) is 5.26 Å². The standard InChI is InChI=1S/C13H17NO2/c1-10-5-4-6-11(7-10)8-12(9-14)13(15-2)16-3/h4-7,12-13H,8H2,1-3H3. The minimum Gasteiger partial charge on any atom is -0.354 e. The highest BCUT2D eigenvalue weighted by atomic mass is 16.7. The molecule has 3 heteroatoms. The number of methoxy groups -OCH3 is 2. The predicted molar refractivity (Wildman–Crippen MR) is 61.8 cm³/mol. The number of benzene rings is 1. The fraction of sp³-hybridized carbons (Fsp3) is 0.462. The van der Waals surface area contributed by atoms with Crippen LogP contribution in [-0.2, 0) is 15.9 Å². The van der Waals surface area contributed by atoms with Gasteiger partial charge in [0.2, 0.25) is 0 Å². The lowest BCUT2D eigenvalue weighted by atomic mass is 9.99. The Morgan fingerprint density at radius 1 is 1.31 bits per heavy atom. The zero-order chi connectivity index (χ0) is 12.0. The molecule has 0 heterocycles. The van der Waals surface area contributed by atoms with E-state index in [0.717, 1.165) is 5.56 Å². The Morgan fingerprint density at radius 2 is 2.00 bits per heavy atom. The third-order valence-electron chi connectivity index (χ3n) is 2.50. The van der Waals surface area contributed by atoms with Crippen molar-refractivity contribution in [3.05, 3.63) is 35.4 Å². The van der Waals surface area contributed by atoms with E-state index in [0.29, 0.717) is 6.42 Å². The third kappa shape index (κ3) is 3.34. The number of ether oxygens (including phenoxy) is 2. The highest BCUT2D eigenvalue weighted by Crippen LogP contribution is 2.15. The molecule has 0 radical (unpaired) electrons. The largest absolute Gasteiger partial charge is 0.354 e. The summed E-state index contributed by atoms with van der Waals surface area (Å²) in [5.41, 5.74) is 2.33. The second-order valence-corrected chi connectivity index (χ2v) is 3.77. The zero-order valence-corrected chi connectivity index (χ0v) is 9.93. The number of rotatable bonds is 5. The fourth-order valence-corrected chi connectivity index (χ4v) is 1.72. The second kappa shape index (κ2) is 6.26. The van der Waals surface area contributed by atoms with Crippen LogP contribution in [0.25, 0.3) is 0 Å². The van der Waals surface area contributed by atoms with Crippen molar-refractivity contribution in [1.29, 1.82) is 5.26 Å². The molecule has 86 valence electrons. The monoisotopic (exact) mass is 219 g/mol. The highest BCUT2D eigenvalue weighted by Gasteiger charge is 2.20. The lowest BCUT2D eigenvalue weighted by Crippen LogP contribution is -2.25. The van der Waals surface area contributed by atoms with Crippen LogP contribution in [0.3, 0.4) is 0 Å². The molecule has 1 atom stereocenters. The van der Waals surface area contributed by atoms with Crippen LogP contribution in [0.4, 0.5) is 0 Å². The van der Waals surface area contributed by atoms with Gasteiger partial charge in [-0.3, -0.25) is 0 Å². The van der Waals surface area contributed by atoms with Gasteiger partial charge in [-0.1, -0.05) is 29.8 Å². The van der Waals surface area contributed by atoms with E-state index in [1.165, 1.54) is 5.56 Å². The first-order valence-corrected chi connectivity index (χ1v) is 5.22. The SMILES string of the molecule is COC(OC)C(C#N)Cc1cccc(C)c1. The topological polar surface area (TPSA) is 42.2 Å². The molecule has 0 saturated heterocycles. The number of nitrogens with zero attached hydrogens (tertiary/aromatic N) is 1. The molecule has 1 aromatic carbocycles. The average molecular weight is 219 g/mol. The lowest BCUT2D eigenvalue weighted by molar-refractivity contribution is -0.124. The van der Waals surface area contributed by atoms with Gasteiger partial charge in [0.05, 0.1) is 6.07 Å². The summed E-state index contributed by atoms with van der Waals surface area (Å²) in [4.78, 5) is 0. The molecule has 0 aliphatic rings. The highest BCUT2D eigenvalue weighted by molar-refractivity contribution is 5.23. The molecule has 1 aromatic rings. The van der Waals surface area contributed by atoms with Crippen LogP contribution in [0.2, 0.25) is 0 Å². The molecule has 0 aromatic heterocycles. The summed E-state index contributed by atoms with van der Waals surface area (Å²) in [6, 6.07) is 10.3. The molecule has 0 spiro atoms. The van der Waals surface area contributed by atoms with Crippen LogP contribution in [-0.4, -0.2) is 20.5 Å². The van der Waals surface area contributed by atoms with Gasteiger partial charge in [-0.05, 0) is 18.9 Å². The summed E-state index contributed by atoms with van der Waals surface area (Å²) < 4.78 is 10.2. The first kappa shape index (κ1) is 12.7. The van der Waals surface area contributed by atoms with Crippen molar-refractivity contribution in [2.75, 3.05) is 14.2 Å². The molecule has 16 heavy (non-hydrogen) atoms. The molecular weight excluding hydrogens is 202 g/mol. The van der Waals surface area contributed by atoms with Gasteiger partial charge in [0, 0.05) is 14.2 Å². The van der Waals surface area contributed by atoms with Crippen molar-refractivity contribution in [2.45, 2.75) is 19.6 Å². The maximum absolute atomic E-state index is 9.08. The molecule has 0 N–H and O–H groups in total. The van der Waals surface area contributed by atoms with Gasteiger partial charge in [0.25, 0.3) is 0 Å². The van der Waals surface area contributed by atoms with Crippen molar-refractivity contribution < 1.29 is 9.47 Å². The second-order valence-electron chi connectivity index (χ2n) is 3.77. The van der Waals surface area contributed by atoms with Crippen LogP contribution in [0.5, 0.6) is 0 Å². The summed E-state index contributed by atoms with van der Waals surface area (Å²) in [6.45, 7) is 2.04. The molecule has 0 aliphatic heterocycles. The van der Waals surface area contributed by atoms with E-state index in [1.54, 1.807) is 14.2 Å². The fourth-order valence-electron chi connectivity index (χ4n) is 1.72. The Balaban J connectivity index is 2.74. The van der Waals surface area contributed by atoms with Crippen LogP contribution < -0.4 is 0 Å². The van der Waals surface area contributed by atoms with Crippen molar-refractivity contribution >= 4 is 0 Å². The van der Waals surface area contributed by atoms with Crippen LogP contribution >= 0.6 is 0 Å². The predicted octanol–water partition coefficient (Wildman–Crippen LogP) is 2.30. The Kier molecular flexibility index (Phi) is 4.97. The van der Waals surface area contributed by atoms with Crippen LogP contribution in [0.1, 0.15) is 11.1 Å². The Morgan fingerprint density at radius 3 is 2.50 bits per heavy atom. The van der Waals surface area contributed by atoms with E-state index in [4.69, 9.17) is 14.7 Å². The van der Waals surface area contributed by atoms with Crippen molar-refractivity contribution in [3.8, 4) is 6.07 Å². The lowest BCUT2D eigenvalue weighted by Gasteiger charge is -2.18.